The monoisotopic (exact) mass is 377 g/mol. The fraction of sp³-hybridized carbons (Fsp3) is 0.227. The van der Waals surface area contributed by atoms with Crippen LogP contribution in [-0.2, 0) is 13.0 Å². The molecule has 0 N–H and O–H groups in total. The molecule has 4 nitrogen and oxygen atoms in total. The molecule has 3 rings (SSSR count). The van der Waals surface area contributed by atoms with E-state index in [2.05, 4.69) is 18.1 Å². The van der Waals surface area contributed by atoms with Crippen LogP contribution in [0.3, 0.4) is 0 Å². The average molecular weight is 378 g/mol. The predicted molar refractivity (Wildman–Crippen MR) is 107 cm³/mol. The largest absolute Gasteiger partial charge is 0.274 e. The summed E-state index contributed by atoms with van der Waals surface area (Å²) in [5.74, 6) is 0. The minimum atomic E-state index is -0.532. The van der Waals surface area contributed by atoms with Gasteiger partial charge < -0.3 is 0 Å². The molecule has 0 aliphatic carbocycles. The molecule has 2 aromatic carbocycles. The normalized spacial score (nSPS) is 10.6. The third-order valence-electron chi connectivity index (χ3n) is 4.50. The van der Waals surface area contributed by atoms with Gasteiger partial charge >= 0.3 is 0 Å². The highest BCUT2D eigenvalue weighted by atomic mass is 35.5. The molecule has 0 radical (unpaired) electrons. The zero-order valence-electron chi connectivity index (χ0n) is 15.2. The minimum absolute atomic E-state index is 0.294. The molecule has 0 saturated heterocycles. The smallest absolute Gasteiger partial charge is 0.272 e. The summed E-state index contributed by atoms with van der Waals surface area (Å²) in [5, 5.41) is 13.1. The number of carbonyl (C=O) groups is 1. The van der Waals surface area contributed by atoms with Gasteiger partial charge in [0.15, 0.2) is 0 Å². The van der Waals surface area contributed by atoms with Gasteiger partial charge in [0.05, 0.1) is 18.2 Å². The fourth-order valence-electron chi connectivity index (χ4n) is 3.04. The molecule has 0 bridgehead atoms. The predicted octanol–water partition coefficient (Wildman–Crippen LogP) is 5.19. The molecular formula is C22H20ClN3O. The molecule has 27 heavy (non-hydrogen) atoms. The van der Waals surface area contributed by atoms with E-state index in [1.165, 1.54) is 0 Å². The second-order valence-corrected chi connectivity index (χ2v) is 6.75. The lowest BCUT2D eigenvalue weighted by molar-refractivity contribution is 0.107. The van der Waals surface area contributed by atoms with Crippen LogP contribution in [0.1, 0.15) is 47.1 Å². The first-order valence-corrected chi connectivity index (χ1v) is 9.35. The van der Waals surface area contributed by atoms with Gasteiger partial charge in [-0.15, -0.1) is 0 Å². The van der Waals surface area contributed by atoms with Crippen molar-refractivity contribution in [3.05, 3.63) is 77.1 Å². The number of halogens is 1. The highest BCUT2D eigenvalue weighted by Gasteiger charge is 2.13. The number of carbonyl (C=O) groups excluding carboxylic acids is 1. The Morgan fingerprint density at radius 2 is 1.93 bits per heavy atom. The topological polar surface area (TPSA) is 58.7 Å². The summed E-state index contributed by atoms with van der Waals surface area (Å²) in [6.45, 7) is 2.70. The first-order valence-electron chi connectivity index (χ1n) is 8.97. The van der Waals surface area contributed by atoms with Crippen molar-refractivity contribution in [2.24, 2.45) is 0 Å². The van der Waals surface area contributed by atoms with Gasteiger partial charge in [-0.05, 0) is 53.3 Å². The summed E-state index contributed by atoms with van der Waals surface area (Å²) >= 11 is 5.60. The molecule has 0 atom stereocenters. The Morgan fingerprint density at radius 1 is 1.19 bits per heavy atom. The third-order valence-corrected chi connectivity index (χ3v) is 4.69. The molecule has 0 aliphatic heterocycles. The lowest BCUT2D eigenvalue weighted by Gasteiger charge is -2.09. The summed E-state index contributed by atoms with van der Waals surface area (Å²) in [6.07, 6.45) is 2.97. The summed E-state index contributed by atoms with van der Waals surface area (Å²) < 4.78 is 1.85. The van der Waals surface area contributed by atoms with E-state index < -0.39 is 5.24 Å². The maximum absolute atomic E-state index is 11.5. The van der Waals surface area contributed by atoms with E-state index in [-0.39, 0.29) is 0 Å². The molecule has 0 fully saturated rings. The molecule has 136 valence electrons. The van der Waals surface area contributed by atoms with Gasteiger partial charge in [-0.1, -0.05) is 55.8 Å². The number of hydrogen-bond donors (Lipinski definition) is 0. The number of hydrogen-bond acceptors (Lipinski definition) is 3. The molecule has 0 spiro atoms. The van der Waals surface area contributed by atoms with Crippen LogP contribution in [0.4, 0.5) is 0 Å². The van der Waals surface area contributed by atoms with E-state index in [1.54, 1.807) is 6.07 Å². The van der Waals surface area contributed by atoms with Crippen molar-refractivity contribution < 1.29 is 4.79 Å². The number of aromatic nitrogens is 2. The minimum Gasteiger partial charge on any atom is -0.274 e. The number of nitriles is 1. The van der Waals surface area contributed by atoms with E-state index >= 15 is 0 Å². The number of aryl methyl sites for hydroxylation is 1. The van der Waals surface area contributed by atoms with Gasteiger partial charge in [0, 0.05) is 5.69 Å². The Morgan fingerprint density at radius 3 is 2.59 bits per heavy atom. The SMILES string of the molecule is CCCCc1cc(C(=O)Cl)nn1Cc1ccc(-c2ccccc2C#N)cc1. The van der Waals surface area contributed by atoms with Crippen LogP contribution in [0.5, 0.6) is 0 Å². The summed E-state index contributed by atoms with van der Waals surface area (Å²) in [6, 6.07) is 19.6. The Hall–Kier alpha value is -2.90. The second-order valence-electron chi connectivity index (χ2n) is 6.41. The molecule has 0 saturated carbocycles. The first-order chi connectivity index (χ1) is 13.1. The molecule has 0 amide bonds. The van der Waals surface area contributed by atoms with Crippen LogP contribution in [0.25, 0.3) is 11.1 Å². The molecular weight excluding hydrogens is 358 g/mol. The zero-order chi connectivity index (χ0) is 19.2. The molecule has 5 heteroatoms. The number of nitrogens with zero attached hydrogens (tertiary/aromatic N) is 3. The van der Waals surface area contributed by atoms with Gasteiger partial charge in [0.25, 0.3) is 5.24 Å². The van der Waals surface area contributed by atoms with Crippen LogP contribution in [0, 0.1) is 11.3 Å². The highest BCUT2D eigenvalue weighted by molar-refractivity contribution is 6.67. The molecule has 0 aliphatic rings. The summed E-state index contributed by atoms with van der Waals surface area (Å²) in [7, 11) is 0. The van der Waals surface area contributed by atoms with Crippen molar-refractivity contribution in [1.82, 2.24) is 9.78 Å². The number of rotatable bonds is 7. The maximum atomic E-state index is 11.5. The van der Waals surface area contributed by atoms with Crippen LogP contribution in [-0.4, -0.2) is 15.0 Å². The van der Waals surface area contributed by atoms with Gasteiger partial charge in [-0.3, -0.25) is 9.48 Å². The van der Waals surface area contributed by atoms with Crippen LogP contribution < -0.4 is 0 Å². The van der Waals surface area contributed by atoms with E-state index in [1.807, 2.05) is 53.2 Å². The van der Waals surface area contributed by atoms with E-state index in [9.17, 15) is 10.1 Å². The quantitative estimate of drug-likeness (QED) is 0.532. The Labute approximate surface area is 164 Å². The molecule has 1 heterocycles. The van der Waals surface area contributed by atoms with E-state index in [0.29, 0.717) is 17.8 Å². The van der Waals surface area contributed by atoms with Crippen molar-refractivity contribution in [2.75, 3.05) is 0 Å². The number of benzene rings is 2. The van der Waals surface area contributed by atoms with Crippen LogP contribution in [0.15, 0.2) is 54.6 Å². The van der Waals surface area contributed by atoms with Crippen molar-refractivity contribution in [3.8, 4) is 17.2 Å². The van der Waals surface area contributed by atoms with E-state index in [0.717, 1.165) is 41.6 Å². The summed E-state index contributed by atoms with van der Waals surface area (Å²) in [4.78, 5) is 11.5. The van der Waals surface area contributed by atoms with Crippen LogP contribution in [0.2, 0.25) is 0 Å². The zero-order valence-corrected chi connectivity index (χ0v) is 15.9. The lowest BCUT2D eigenvalue weighted by Crippen LogP contribution is -2.07. The molecule has 0 unspecified atom stereocenters. The van der Waals surface area contributed by atoms with Gasteiger partial charge in [0.1, 0.15) is 5.69 Å². The first kappa shape index (κ1) is 18.9. The fourth-order valence-corrected chi connectivity index (χ4v) is 3.13. The van der Waals surface area contributed by atoms with Crippen molar-refractivity contribution in [1.29, 1.82) is 5.26 Å². The molecule has 1 aromatic heterocycles. The van der Waals surface area contributed by atoms with Gasteiger partial charge in [-0.25, -0.2) is 0 Å². The van der Waals surface area contributed by atoms with Crippen molar-refractivity contribution in [3.63, 3.8) is 0 Å². The highest BCUT2D eigenvalue weighted by Crippen LogP contribution is 2.24. The Kier molecular flexibility index (Phi) is 6.05. The maximum Gasteiger partial charge on any atom is 0.272 e. The summed E-state index contributed by atoms with van der Waals surface area (Å²) in [5.41, 5.74) is 4.96. The average Bonchev–Trinajstić information content (AvgIpc) is 3.10. The van der Waals surface area contributed by atoms with Gasteiger partial charge in [0.2, 0.25) is 0 Å². The second kappa shape index (κ2) is 8.66. The lowest BCUT2D eigenvalue weighted by atomic mass is 9.99. The number of unbranched alkanes of at least 4 members (excludes halogenated alkanes) is 1. The van der Waals surface area contributed by atoms with E-state index in [4.69, 9.17) is 11.6 Å². The standard InChI is InChI=1S/C22H20ClN3O/c1-2-3-7-19-13-21(22(23)27)25-26(19)15-16-9-11-17(12-10-16)20-8-5-4-6-18(20)14-24/h4-6,8-13H,2-3,7,15H2,1H3. The van der Waals surface area contributed by atoms with Crippen molar-refractivity contribution in [2.45, 2.75) is 32.7 Å². The van der Waals surface area contributed by atoms with Crippen LogP contribution >= 0.6 is 11.6 Å². The van der Waals surface area contributed by atoms with Gasteiger partial charge in [-0.2, -0.15) is 10.4 Å². The Balaban J connectivity index is 1.84. The third kappa shape index (κ3) is 4.45. The Bertz CT molecular complexity index is 984. The molecule has 3 aromatic rings. The van der Waals surface area contributed by atoms with Crippen molar-refractivity contribution >= 4 is 16.8 Å².